The number of amides is 1. The third kappa shape index (κ3) is 3.61. The van der Waals surface area contributed by atoms with E-state index in [0.717, 1.165) is 26.1 Å². The van der Waals surface area contributed by atoms with Crippen molar-refractivity contribution in [1.82, 2.24) is 10.2 Å². The SMILES string of the molecule is CCN1CCC(CNC(=O)c2cc(Cl)ccc2N)C1. The molecule has 19 heavy (non-hydrogen) atoms. The smallest absolute Gasteiger partial charge is 0.253 e. The molecule has 0 saturated carbocycles. The van der Waals surface area contributed by atoms with Crippen LogP contribution in [0.25, 0.3) is 0 Å². The monoisotopic (exact) mass is 281 g/mol. The molecule has 1 fully saturated rings. The van der Waals surface area contributed by atoms with E-state index in [0.29, 0.717) is 28.7 Å². The number of hydrogen-bond acceptors (Lipinski definition) is 3. The van der Waals surface area contributed by atoms with Gasteiger partial charge in [0.1, 0.15) is 0 Å². The number of benzene rings is 1. The highest BCUT2D eigenvalue weighted by Gasteiger charge is 2.21. The molecule has 1 aliphatic heterocycles. The Bertz CT molecular complexity index is 464. The van der Waals surface area contributed by atoms with Crippen LogP contribution in [0.15, 0.2) is 18.2 Å². The van der Waals surface area contributed by atoms with E-state index in [1.54, 1.807) is 18.2 Å². The number of nitrogens with zero attached hydrogens (tertiary/aromatic N) is 1. The Kier molecular flexibility index (Phi) is 4.66. The summed E-state index contributed by atoms with van der Waals surface area (Å²) in [5, 5.41) is 3.47. The van der Waals surface area contributed by atoms with Gasteiger partial charge in [-0.25, -0.2) is 0 Å². The van der Waals surface area contributed by atoms with Crippen molar-refractivity contribution in [2.45, 2.75) is 13.3 Å². The third-order valence-electron chi connectivity index (χ3n) is 3.63. The maximum atomic E-state index is 12.1. The highest BCUT2D eigenvalue weighted by Crippen LogP contribution is 2.18. The van der Waals surface area contributed by atoms with Crippen molar-refractivity contribution in [3.63, 3.8) is 0 Å². The molecule has 1 aromatic rings. The molecule has 104 valence electrons. The fourth-order valence-electron chi connectivity index (χ4n) is 2.42. The fourth-order valence-corrected chi connectivity index (χ4v) is 2.60. The van der Waals surface area contributed by atoms with Gasteiger partial charge in [-0.15, -0.1) is 0 Å². The van der Waals surface area contributed by atoms with Crippen LogP contribution in [0.2, 0.25) is 5.02 Å². The van der Waals surface area contributed by atoms with E-state index in [-0.39, 0.29) is 5.91 Å². The van der Waals surface area contributed by atoms with Crippen LogP contribution in [-0.2, 0) is 0 Å². The molecule has 0 aromatic heterocycles. The van der Waals surface area contributed by atoms with Gasteiger partial charge in [-0.2, -0.15) is 0 Å². The Morgan fingerprint density at radius 3 is 3.05 bits per heavy atom. The van der Waals surface area contributed by atoms with E-state index in [4.69, 9.17) is 17.3 Å². The van der Waals surface area contributed by atoms with Crippen LogP contribution >= 0.6 is 11.6 Å². The first-order valence-electron chi connectivity index (χ1n) is 6.65. The molecular formula is C14H20ClN3O. The topological polar surface area (TPSA) is 58.4 Å². The first kappa shape index (κ1) is 14.2. The van der Waals surface area contributed by atoms with Crippen molar-refractivity contribution >= 4 is 23.2 Å². The zero-order valence-electron chi connectivity index (χ0n) is 11.2. The molecule has 5 heteroatoms. The summed E-state index contributed by atoms with van der Waals surface area (Å²) in [6.45, 7) is 6.11. The van der Waals surface area contributed by atoms with E-state index in [2.05, 4.69) is 17.1 Å². The van der Waals surface area contributed by atoms with Crippen LogP contribution in [0.1, 0.15) is 23.7 Å². The minimum absolute atomic E-state index is 0.144. The van der Waals surface area contributed by atoms with Crippen molar-refractivity contribution < 1.29 is 4.79 Å². The summed E-state index contributed by atoms with van der Waals surface area (Å²) in [7, 11) is 0. The highest BCUT2D eigenvalue weighted by molar-refractivity contribution is 6.31. The summed E-state index contributed by atoms with van der Waals surface area (Å²) in [6, 6.07) is 4.95. The quantitative estimate of drug-likeness (QED) is 0.830. The van der Waals surface area contributed by atoms with Gasteiger partial charge in [-0.05, 0) is 43.6 Å². The van der Waals surface area contributed by atoms with Gasteiger partial charge in [-0.3, -0.25) is 4.79 Å². The second-order valence-corrected chi connectivity index (χ2v) is 5.43. The van der Waals surface area contributed by atoms with Gasteiger partial charge in [0.05, 0.1) is 5.56 Å². The van der Waals surface area contributed by atoms with Crippen molar-refractivity contribution in [2.75, 3.05) is 31.9 Å². The van der Waals surface area contributed by atoms with Crippen LogP contribution in [-0.4, -0.2) is 37.0 Å². The Hall–Kier alpha value is -1.26. The zero-order chi connectivity index (χ0) is 13.8. The standard InChI is InChI=1S/C14H20ClN3O/c1-2-18-6-5-10(9-18)8-17-14(19)12-7-11(15)3-4-13(12)16/h3-4,7,10H,2,5-6,8-9,16H2,1H3,(H,17,19). The lowest BCUT2D eigenvalue weighted by molar-refractivity contribution is 0.0948. The molecule has 1 heterocycles. The maximum absolute atomic E-state index is 12.1. The van der Waals surface area contributed by atoms with E-state index in [1.165, 1.54) is 0 Å². The lowest BCUT2D eigenvalue weighted by atomic mass is 10.1. The molecule has 4 nitrogen and oxygen atoms in total. The number of halogens is 1. The third-order valence-corrected chi connectivity index (χ3v) is 3.86. The number of hydrogen-bond donors (Lipinski definition) is 2. The van der Waals surface area contributed by atoms with Crippen LogP contribution in [0.5, 0.6) is 0 Å². The van der Waals surface area contributed by atoms with Gasteiger partial charge in [0.25, 0.3) is 5.91 Å². The van der Waals surface area contributed by atoms with Crippen molar-refractivity contribution in [3.8, 4) is 0 Å². The molecular weight excluding hydrogens is 262 g/mol. The summed E-state index contributed by atoms with van der Waals surface area (Å²) in [6.07, 6.45) is 1.14. The van der Waals surface area contributed by atoms with Crippen LogP contribution in [0.4, 0.5) is 5.69 Å². The molecule has 1 saturated heterocycles. The van der Waals surface area contributed by atoms with Crippen LogP contribution in [0.3, 0.4) is 0 Å². The average molecular weight is 282 g/mol. The molecule has 2 rings (SSSR count). The number of likely N-dealkylation sites (tertiary alicyclic amines) is 1. The van der Waals surface area contributed by atoms with Gasteiger partial charge in [0.15, 0.2) is 0 Å². The van der Waals surface area contributed by atoms with Gasteiger partial charge in [0.2, 0.25) is 0 Å². The second kappa shape index (κ2) is 6.26. The Labute approximate surface area is 118 Å². The summed E-state index contributed by atoms with van der Waals surface area (Å²) < 4.78 is 0. The Morgan fingerprint density at radius 1 is 1.58 bits per heavy atom. The molecule has 1 unspecified atom stereocenters. The van der Waals surface area contributed by atoms with Gasteiger partial charge in [0, 0.05) is 23.8 Å². The molecule has 0 spiro atoms. The predicted molar refractivity (Wildman–Crippen MR) is 78.4 cm³/mol. The number of carbonyl (C=O) groups excluding carboxylic acids is 1. The van der Waals surface area contributed by atoms with E-state index < -0.39 is 0 Å². The summed E-state index contributed by atoms with van der Waals surface area (Å²) in [5.74, 6) is 0.388. The summed E-state index contributed by atoms with van der Waals surface area (Å²) in [5.41, 5.74) is 6.71. The summed E-state index contributed by atoms with van der Waals surface area (Å²) >= 11 is 5.88. The Morgan fingerprint density at radius 2 is 2.37 bits per heavy atom. The maximum Gasteiger partial charge on any atom is 0.253 e. The van der Waals surface area contributed by atoms with Gasteiger partial charge >= 0.3 is 0 Å². The molecule has 1 aromatic carbocycles. The Balaban J connectivity index is 1.89. The minimum atomic E-state index is -0.144. The normalized spacial score (nSPS) is 19.6. The average Bonchev–Trinajstić information content (AvgIpc) is 2.87. The lowest BCUT2D eigenvalue weighted by Crippen LogP contribution is -2.31. The first-order chi connectivity index (χ1) is 9.10. The fraction of sp³-hybridized carbons (Fsp3) is 0.500. The van der Waals surface area contributed by atoms with E-state index >= 15 is 0 Å². The number of anilines is 1. The van der Waals surface area contributed by atoms with Crippen molar-refractivity contribution in [3.05, 3.63) is 28.8 Å². The molecule has 1 atom stereocenters. The first-order valence-corrected chi connectivity index (χ1v) is 7.03. The molecule has 1 amide bonds. The molecule has 0 radical (unpaired) electrons. The highest BCUT2D eigenvalue weighted by atomic mass is 35.5. The van der Waals surface area contributed by atoms with Crippen LogP contribution in [0, 0.1) is 5.92 Å². The number of rotatable bonds is 4. The summed E-state index contributed by atoms with van der Waals surface area (Å²) in [4.78, 5) is 14.5. The zero-order valence-corrected chi connectivity index (χ0v) is 11.9. The number of nitrogens with two attached hydrogens (primary N) is 1. The molecule has 1 aliphatic rings. The largest absolute Gasteiger partial charge is 0.398 e. The van der Waals surface area contributed by atoms with Crippen molar-refractivity contribution in [1.29, 1.82) is 0 Å². The van der Waals surface area contributed by atoms with E-state index in [1.807, 2.05) is 0 Å². The molecule has 0 bridgehead atoms. The number of nitrogen functional groups attached to an aromatic ring is 1. The lowest BCUT2D eigenvalue weighted by Gasteiger charge is -2.14. The van der Waals surface area contributed by atoms with E-state index in [9.17, 15) is 4.79 Å². The van der Waals surface area contributed by atoms with Gasteiger partial charge < -0.3 is 16.0 Å². The molecule has 0 aliphatic carbocycles. The minimum Gasteiger partial charge on any atom is -0.398 e. The van der Waals surface area contributed by atoms with Crippen LogP contribution < -0.4 is 11.1 Å². The number of carbonyl (C=O) groups is 1. The van der Waals surface area contributed by atoms with Gasteiger partial charge in [-0.1, -0.05) is 18.5 Å². The number of nitrogens with one attached hydrogen (secondary N) is 1. The van der Waals surface area contributed by atoms with Crippen molar-refractivity contribution in [2.24, 2.45) is 5.92 Å². The predicted octanol–water partition coefficient (Wildman–Crippen LogP) is 1.99. The molecule has 3 N–H and O–H groups in total. The second-order valence-electron chi connectivity index (χ2n) is 4.99.